The third kappa shape index (κ3) is 4.21. The number of imidazole rings is 1. The van der Waals surface area contributed by atoms with Crippen LogP contribution in [0, 0.1) is 6.92 Å². The molecule has 7 nitrogen and oxygen atoms in total. The first kappa shape index (κ1) is 19.5. The van der Waals surface area contributed by atoms with Gasteiger partial charge in [-0.05, 0) is 44.0 Å². The van der Waals surface area contributed by atoms with Gasteiger partial charge in [0.05, 0.1) is 11.0 Å². The Hall–Kier alpha value is -3.48. The van der Waals surface area contributed by atoms with E-state index in [1.54, 1.807) is 0 Å². The van der Waals surface area contributed by atoms with Crippen LogP contribution in [0.15, 0.2) is 52.9 Å². The molecule has 31 heavy (non-hydrogen) atoms. The van der Waals surface area contributed by atoms with Crippen molar-refractivity contribution in [2.45, 2.75) is 38.5 Å². The molecular formula is C24H25N5O2. The summed E-state index contributed by atoms with van der Waals surface area (Å²) in [4.78, 5) is 22.9. The molecule has 1 fully saturated rings. The molecule has 1 unspecified atom stereocenters. The van der Waals surface area contributed by atoms with Crippen LogP contribution in [0.2, 0.25) is 0 Å². The van der Waals surface area contributed by atoms with Crippen molar-refractivity contribution in [3.8, 4) is 11.5 Å². The van der Waals surface area contributed by atoms with Gasteiger partial charge < -0.3 is 14.3 Å². The van der Waals surface area contributed by atoms with E-state index in [1.165, 1.54) is 5.56 Å². The van der Waals surface area contributed by atoms with Crippen LogP contribution in [-0.4, -0.2) is 44.1 Å². The summed E-state index contributed by atoms with van der Waals surface area (Å²) in [5.74, 6) is 2.32. The number of carbonyl (C=O) groups excluding carboxylic acids is 1. The number of aromatic nitrogens is 4. The molecule has 1 saturated heterocycles. The van der Waals surface area contributed by atoms with Crippen molar-refractivity contribution in [3.63, 3.8) is 0 Å². The number of amides is 1. The summed E-state index contributed by atoms with van der Waals surface area (Å²) in [5.41, 5.74) is 4.08. The molecule has 7 heteroatoms. The molecule has 3 heterocycles. The number of rotatable bonds is 5. The van der Waals surface area contributed by atoms with Crippen LogP contribution in [0.4, 0.5) is 0 Å². The molecule has 1 aliphatic heterocycles. The van der Waals surface area contributed by atoms with E-state index in [9.17, 15) is 4.79 Å². The van der Waals surface area contributed by atoms with Crippen LogP contribution in [0.1, 0.15) is 42.5 Å². The van der Waals surface area contributed by atoms with Gasteiger partial charge in [0.2, 0.25) is 17.7 Å². The minimum atomic E-state index is 0.121. The Morgan fingerprint density at radius 2 is 2.00 bits per heavy atom. The van der Waals surface area contributed by atoms with Gasteiger partial charge >= 0.3 is 0 Å². The van der Waals surface area contributed by atoms with Gasteiger partial charge in [-0.1, -0.05) is 29.8 Å². The monoisotopic (exact) mass is 415 g/mol. The number of benzene rings is 2. The van der Waals surface area contributed by atoms with E-state index in [1.807, 2.05) is 60.4 Å². The highest BCUT2D eigenvalue weighted by Gasteiger charge is 2.27. The SMILES string of the molecule is Cc1ccc(-c2nnc(CCC(=O)N3CCCC(c4nc5ccccc5[nH]4)C3)o2)cc1. The normalized spacial score (nSPS) is 16.7. The molecule has 0 spiro atoms. The maximum atomic E-state index is 12.8. The number of para-hydroxylation sites is 2. The lowest BCUT2D eigenvalue weighted by molar-refractivity contribution is -0.132. The lowest BCUT2D eigenvalue weighted by Crippen LogP contribution is -2.39. The topological polar surface area (TPSA) is 87.9 Å². The molecule has 5 rings (SSSR count). The zero-order valence-corrected chi connectivity index (χ0v) is 17.5. The Labute approximate surface area is 180 Å². The standard InChI is InChI=1S/C24H25N5O2/c1-16-8-10-17(11-9-16)24-28-27-21(31-24)12-13-22(30)29-14-4-5-18(15-29)23-25-19-6-2-3-7-20(19)26-23/h2-3,6-11,18H,4-5,12-15H2,1H3,(H,25,26). The van der Waals surface area contributed by atoms with Gasteiger partial charge in [-0.25, -0.2) is 4.98 Å². The van der Waals surface area contributed by atoms with Gasteiger partial charge in [0.1, 0.15) is 5.82 Å². The van der Waals surface area contributed by atoms with E-state index in [4.69, 9.17) is 9.40 Å². The van der Waals surface area contributed by atoms with Crippen LogP contribution in [0.3, 0.4) is 0 Å². The molecule has 0 aliphatic carbocycles. The number of carbonyl (C=O) groups is 1. The highest BCUT2D eigenvalue weighted by Crippen LogP contribution is 2.27. The summed E-state index contributed by atoms with van der Waals surface area (Å²) in [5, 5.41) is 8.24. The lowest BCUT2D eigenvalue weighted by atomic mass is 9.97. The number of nitrogens with one attached hydrogen (secondary N) is 1. The number of H-pyrrole nitrogens is 1. The Morgan fingerprint density at radius 3 is 2.84 bits per heavy atom. The van der Waals surface area contributed by atoms with Crippen LogP contribution in [-0.2, 0) is 11.2 Å². The smallest absolute Gasteiger partial charge is 0.247 e. The quantitative estimate of drug-likeness (QED) is 0.526. The summed E-state index contributed by atoms with van der Waals surface area (Å²) < 4.78 is 5.76. The van der Waals surface area contributed by atoms with E-state index < -0.39 is 0 Å². The summed E-state index contributed by atoms with van der Waals surface area (Å²) in [6.45, 7) is 3.51. The number of aryl methyl sites for hydroxylation is 2. The molecule has 2 aromatic heterocycles. The van der Waals surface area contributed by atoms with Gasteiger partial charge in [-0.15, -0.1) is 10.2 Å². The van der Waals surface area contributed by atoms with E-state index in [2.05, 4.69) is 15.2 Å². The van der Waals surface area contributed by atoms with Gasteiger partial charge in [0, 0.05) is 37.4 Å². The second-order valence-electron chi connectivity index (χ2n) is 8.19. The molecule has 0 bridgehead atoms. The fourth-order valence-electron chi connectivity index (χ4n) is 4.13. The predicted octanol–water partition coefficient (Wildman–Crippen LogP) is 4.26. The van der Waals surface area contributed by atoms with Gasteiger partial charge in [-0.2, -0.15) is 0 Å². The molecular weight excluding hydrogens is 390 g/mol. The van der Waals surface area contributed by atoms with Gasteiger partial charge in [-0.3, -0.25) is 4.79 Å². The van der Waals surface area contributed by atoms with Crippen LogP contribution >= 0.6 is 0 Å². The van der Waals surface area contributed by atoms with Gasteiger partial charge in [0.15, 0.2) is 0 Å². The van der Waals surface area contributed by atoms with Crippen molar-refractivity contribution < 1.29 is 9.21 Å². The molecule has 0 saturated carbocycles. The van der Waals surface area contributed by atoms with E-state index in [0.29, 0.717) is 31.2 Å². The number of aromatic amines is 1. The van der Waals surface area contributed by atoms with Crippen molar-refractivity contribution in [2.24, 2.45) is 0 Å². The molecule has 158 valence electrons. The first-order valence-corrected chi connectivity index (χ1v) is 10.8. The van der Waals surface area contributed by atoms with E-state index in [0.717, 1.165) is 41.8 Å². The number of piperidine rings is 1. The Bertz CT molecular complexity index is 1160. The molecule has 2 aromatic carbocycles. The zero-order chi connectivity index (χ0) is 21.2. The molecule has 1 N–H and O–H groups in total. The van der Waals surface area contributed by atoms with Crippen LogP contribution < -0.4 is 0 Å². The fraction of sp³-hybridized carbons (Fsp3) is 0.333. The van der Waals surface area contributed by atoms with E-state index in [-0.39, 0.29) is 11.8 Å². The Kier molecular flexibility index (Phi) is 5.24. The highest BCUT2D eigenvalue weighted by molar-refractivity contribution is 5.77. The number of hydrogen-bond donors (Lipinski definition) is 1. The maximum absolute atomic E-state index is 12.8. The predicted molar refractivity (Wildman–Crippen MR) is 117 cm³/mol. The first-order valence-electron chi connectivity index (χ1n) is 10.8. The van der Waals surface area contributed by atoms with Crippen LogP contribution in [0.25, 0.3) is 22.5 Å². The second-order valence-corrected chi connectivity index (χ2v) is 8.19. The molecule has 0 radical (unpaired) electrons. The van der Waals surface area contributed by atoms with Crippen molar-refractivity contribution in [1.29, 1.82) is 0 Å². The van der Waals surface area contributed by atoms with Gasteiger partial charge in [0.25, 0.3) is 0 Å². The summed E-state index contributed by atoms with van der Waals surface area (Å²) >= 11 is 0. The molecule has 1 atom stereocenters. The molecule has 1 aliphatic rings. The molecule has 1 amide bonds. The number of nitrogens with zero attached hydrogens (tertiary/aromatic N) is 4. The van der Waals surface area contributed by atoms with E-state index >= 15 is 0 Å². The highest BCUT2D eigenvalue weighted by atomic mass is 16.4. The first-order chi connectivity index (χ1) is 15.2. The van der Waals surface area contributed by atoms with Crippen molar-refractivity contribution >= 4 is 16.9 Å². The average Bonchev–Trinajstić information content (AvgIpc) is 3.45. The summed E-state index contributed by atoms with van der Waals surface area (Å²) in [7, 11) is 0. The number of hydrogen-bond acceptors (Lipinski definition) is 5. The van der Waals surface area contributed by atoms with Crippen LogP contribution in [0.5, 0.6) is 0 Å². The van der Waals surface area contributed by atoms with Crippen molar-refractivity contribution in [3.05, 3.63) is 65.8 Å². The average molecular weight is 415 g/mol. The Morgan fingerprint density at radius 1 is 1.16 bits per heavy atom. The minimum Gasteiger partial charge on any atom is -0.421 e. The largest absolute Gasteiger partial charge is 0.421 e. The summed E-state index contributed by atoms with van der Waals surface area (Å²) in [6.07, 6.45) is 2.82. The minimum absolute atomic E-state index is 0.121. The zero-order valence-electron chi connectivity index (χ0n) is 17.5. The lowest BCUT2D eigenvalue weighted by Gasteiger charge is -2.31. The molecule has 4 aromatic rings. The Balaban J connectivity index is 1.20. The maximum Gasteiger partial charge on any atom is 0.247 e. The number of likely N-dealkylation sites (tertiary alicyclic amines) is 1. The third-order valence-electron chi connectivity index (χ3n) is 5.89. The fourth-order valence-corrected chi connectivity index (χ4v) is 4.13. The third-order valence-corrected chi connectivity index (χ3v) is 5.89. The van der Waals surface area contributed by atoms with Crippen molar-refractivity contribution in [2.75, 3.05) is 13.1 Å². The summed E-state index contributed by atoms with van der Waals surface area (Å²) in [6, 6.07) is 16.0. The number of fused-ring (bicyclic) bond motifs is 1. The van der Waals surface area contributed by atoms with Crippen molar-refractivity contribution in [1.82, 2.24) is 25.1 Å². The second kappa shape index (κ2) is 8.34.